The molecule has 0 saturated carbocycles. The molecule has 1 aliphatic heterocycles. The Kier molecular flexibility index (Phi) is 5.95. The fourth-order valence-electron chi connectivity index (χ4n) is 3.59. The Labute approximate surface area is 192 Å². The lowest BCUT2D eigenvalue weighted by atomic mass is 10.0. The number of hydrogen-bond donors (Lipinski definition) is 3. The number of ketones is 1. The maximum absolute atomic E-state index is 13.0. The number of rotatable bonds is 6. The molecular formula is C22H20BrN5O4. The molecule has 0 unspecified atom stereocenters. The van der Waals surface area contributed by atoms with E-state index in [1.165, 1.54) is 19.2 Å². The second-order valence-corrected chi connectivity index (χ2v) is 8.19. The van der Waals surface area contributed by atoms with Gasteiger partial charge in [-0.3, -0.25) is 10.1 Å². The third kappa shape index (κ3) is 4.50. The van der Waals surface area contributed by atoms with Crippen LogP contribution in [0.3, 0.4) is 0 Å². The number of urea groups is 1. The number of fused-ring (bicyclic) bond motifs is 1. The Hall–Kier alpha value is -3.66. The van der Waals surface area contributed by atoms with Gasteiger partial charge in [-0.25, -0.2) is 14.3 Å². The summed E-state index contributed by atoms with van der Waals surface area (Å²) in [4.78, 5) is 37.7. The van der Waals surface area contributed by atoms with Gasteiger partial charge < -0.3 is 15.3 Å². The van der Waals surface area contributed by atoms with Crippen LogP contribution in [0.2, 0.25) is 0 Å². The van der Waals surface area contributed by atoms with Gasteiger partial charge in [-0.05, 0) is 35.9 Å². The number of aromatic carboxylic acids is 1. The molecule has 0 saturated heterocycles. The topological polar surface area (TPSA) is 117 Å². The van der Waals surface area contributed by atoms with Gasteiger partial charge in [0, 0.05) is 41.8 Å². The van der Waals surface area contributed by atoms with Crippen LogP contribution in [0.5, 0.6) is 0 Å². The van der Waals surface area contributed by atoms with Crippen LogP contribution in [0.4, 0.5) is 22.1 Å². The van der Waals surface area contributed by atoms with Crippen molar-refractivity contribution in [2.24, 2.45) is 0 Å². The third-order valence-corrected chi connectivity index (χ3v) is 5.55. The molecule has 9 nitrogen and oxygen atoms in total. The van der Waals surface area contributed by atoms with Gasteiger partial charge in [0.2, 0.25) is 0 Å². The molecule has 1 aromatic heterocycles. The highest BCUT2D eigenvalue weighted by Crippen LogP contribution is 2.34. The van der Waals surface area contributed by atoms with Crippen LogP contribution in [0, 0.1) is 0 Å². The van der Waals surface area contributed by atoms with Crippen molar-refractivity contribution in [2.45, 2.75) is 13.0 Å². The van der Waals surface area contributed by atoms with Crippen LogP contribution in [0.1, 0.15) is 26.3 Å². The predicted molar refractivity (Wildman–Crippen MR) is 123 cm³/mol. The first-order valence-corrected chi connectivity index (χ1v) is 10.6. The second-order valence-electron chi connectivity index (χ2n) is 7.27. The maximum atomic E-state index is 13.0. The number of anilines is 3. The van der Waals surface area contributed by atoms with Gasteiger partial charge in [-0.15, -0.1) is 0 Å². The van der Waals surface area contributed by atoms with Crippen LogP contribution in [0.15, 0.2) is 53.0 Å². The molecule has 2 aromatic carbocycles. The Bertz CT molecular complexity index is 1220. The Balaban J connectivity index is 1.58. The quantitative estimate of drug-likeness (QED) is 0.447. The van der Waals surface area contributed by atoms with E-state index in [1.54, 1.807) is 28.9 Å². The number of benzene rings is 2. The van der Waals surface area contributed by atoms with E-state index in [1.807, 2.05) is 17.0 Å². The molecule has 164 valence electrons. The van der Waals surface area contributed by atoms with Crippen LogP contribution in [-0.2, 0) is 13.0 Å². The van der Waals surface area contributed by atoms with Gasteiger partial charge >= 0.3 is 12.0 Å². The van der Waals surface area contributed by atoms with E-state index in [-0.39, 0.29) is 23.8 Å². The minimum atomic E-state index is -1.03. The van der Waals surface area contributed by atoms with E-state index in [0.29, 0.717) is 30.0 Å². The lowest BCUT2D eigenvalue weighted by molar-refractivity contribution is 0.0696. The summed E-state index contributed by atoms with van der Waals surface area (Å²) in [6.45, 7) is 1.32. The zero-order valence-electron chi connectivity index (χ0n) is 17.1. The standard InChI is InChI=1S/C22H20BrN5O4/c1-24-22(32)25-19-12-20-27(5-6-28(20)26-19)17-10-15(9-16(23)11-17)18(29)8-13-3-2-4-14(7-13)21(30)31/h2-4,7,9-12H,5-6,8H2,1H3,(H,30,31)(H2,24,25,26,32). The summed E-state index contributed by atoms with van der Waals surface area (Å²) >= 11 is 3.49. The first-order valence-electron chi connectivity index (χ1n) is 9.84. The fraction of sp³-hybridized carbons (Fsp3) is 0.182. The second kappa shape index (κ2) is 8.83. The molecule has 2 amide bonds. The molecule has 4 rings (SSSR count). The number of carboxylic acids is 1. The highest BCUT2D eigenvalue weighted by Gasteiger charge is 2.24. The van der Waals surface area contributed by atoms with Crippen molar-refractivity contribution >= 4 is 51.0 Å². The van der Waals surface area contributed by atoms with Gasteiger partial charge in [0.25, 0.3) is 0 Å². The molecule has 10 heteroatoms. The van der Waals surface area contributed by atoms with E-state index in [2.05, 4.69) is 31.7 Å². The lowest BCUT2D eigenvalue weighted by Gasteiger charge is -2.18. The Morgan fingerprint density at radius 3 is 2.66 bits per heavy atom. The summed E-state index contributed by atoms with van der Waals surface area (Å²) in [6, 6.07) is 13.3. The van der Waals surface area contributed by atoms with Crippen LogP contribution < -0.4 is 15.5 Å². The number of hydrogen-bond acceptors (Lipinski definition) is 5. The smallest absolute Gasteiger partial charge is 0.335 e. The number of nitrogens with one attached hydrogen (secondary N) is 2. The van der Waals surface area contributed by atoms with Gasteiger partial charge in [0.05, 0.1) is 12.1 Å². The van der Waals surface area contributed by atoms with Gasteiger partial charge in [-0.1, -0.05) is 28.1 Å². The van der Waals surface area contributed by atoms with Crippen molar-refractivity contribution in [1.29, 1.82) is 0 Å². The van der Waals surface area contributed by atoms with Gasteiger partial charge in [-0.2, -0.15) is 5.10 Å². The number of aromatic nitrogens is 2. The van der Waals surface area contributed by atoms with Crippen molar-refractivity contribution in [3.8, 4) is 0 Å². The van der Waals surface area contributed by atoms with E-state index in [9.17, 15) is 14.4 Å². The largest absolute Gasteiger partial charge is 0.478 e. The summed E-state index contributed by atoms with van der Waals surface area (Å²) in [5.41, 5.74) is 2.11. The molecule has 0 fully saturated rings. The first kappa shape index (κ1) is 21.6. The SMILES string of the molecule is CNC(=O)Nc1cc2n(n1)CCN2c1cc(Br)cc(C(=O)Cc2cccc(C(=O)O)c2)c1. The molecule has 32 heavy (non-hydrogen) atoms. The molecule has 2 heterocycles. The summed E-state index contributed by atoms with van der Waals surface area (Å²) in [5.74, 6) is 0.0976. The van der Waals surface area contributed by atoms with E-state index in [0.717, 1.165) is 16.0 Å². The van der Waals surface area contributed by atoms with Gasteiger partial charge in [0.15, 0.2) is 11.6 Å². The van der Waals surface area contributed by atoms with Crippen LogP contribution in [-0.4, -0.2) is 46.3 Å². The summed E-state index contributed by atoms with van der Waals surface area (Å²) in [6.07, 6.45) is 0.0924. The zero-order chi connectivity index (χ0) is 22.8. The molecule has 3 aromatic rings. The highest BCUT2D eigenvalue weighted by atomic mass is 79.9. The molecule has 0 atom stereocenters. The number of Topliss-reactive ketones (excluding diaryl/α,β-unsaturated/α-hetero) is 1. The van der Waals surface area contributed by atoms with Crippen molar-refractivity contribution in [3.63, 3.8) is 0 Å². The third-order valence-electron chi connectivity index (χ3n) is 5.09. The molecule has 0 bridgehead atoms. The van der Waals surface area contributed by atoms with E-state index in [4.69, 9.17) is 5.11 Å². The van der Waals surface area contributed by atoms with Crippen LogP contribution in [0.25, 0.3) is 0 Å². The number of carboxylic acid groups (broad SMARTS) is 1. The van der Waals surface area contributed by atoms with Crippen molar-refractivity contribution in [1.82, 2.24) is 15.1 Å². The molecular weight excluding hydrogens is 478 g/mol. The molecule has 1 aliphatic rings. The first-order chi connectivity index (χ1) is 15.3. The molecule has 0 radical (unpaired) electrons. The zero-order valence-corrected chi connectivity index (χ0v) is 18.7. The minimum Gasteiger partial charge on any atom is -0.478 e. The number of halogens is 1. The molecule has 0 spiro atoms. The normalized spacial score (nSPS) is 12.4. The van der Waals surface area contributed by atoms with Crippen molar-refractivity contribution in [3.05, 3.63) is 69.7 Å². The maximum Gasteiger partial charge on any atom is 0.335 e. The van der Waals surface area contributed by atoms with Crippen LogP contribution >= 0.6 is 15.9 Å². The number of carbonyl (C=O) groups is 3. The Morgan fingerprint density at radius 1 is 1.09 bits per heavy atom. The number of nitrogens with zero attached hydrogens (tertiary/aromatic N) is 3. The molecule has 3 N–H and O–H groups in total. The fourth-order valence-corrected chi connectivity index (χ4v) is 4.07. The number of amides is 2. The van der Waals surface area contributed by atoms with Crippen molar-refractivity contribution < 1.29 is 19.5 Å². The molecule has 0 aliphatic carbocycles. The monoisotopic (exact) mass is 497 g/mol. The van der Waals surface area contributed by atoms with Gasteiger partial charge in [0.1, 0.15) is 5.82 Å². The summed E-state index contributed by atoms with van der Waals surface area (Å²) in [5, 5.41) is 18.7. The van der Waals surface area contributed by atoms with E-state index >= 15 is 0 Å². The summed E-state index contributed by atoms with van der Waals surface area (Å²) in [7, 11) is 1.53. The average molecular weight is 498 g/mol. The lowest BCUT2D eigenvalue weighted by Crippen LogP contribution is -2.24. The highest BCUT2D eigenvalue weighted by molar-refractivity contribution is 9.10. The van der Waals surface area contributed by atoms with E-state index < -0.39 is 5.97 Å². The average Bonchev–Trinajstić information content (AvgIpc) is 3.33. The Morgan fingerprint density at radius 2 is 1.91 bits per heavy atom. The minimum absolute atomic E-state index is 0.0924. The summed E-state index contributed by atoms with van der Waals surface area (Å²) < 4.78 is 2.55. The number of carbonyl (C=O) groups excluding carboxylic acids is 2. The van der Waals surface area contributed by atoms with Crippen molar-refractivity contribution in [2.75, 3.05) is 23.8 Å². The predicted octanol–water partition coefficient (Wildman–Crippen LogP) is 3.67.